The smallest absolute Gasteiger partial charge is 0.335 e. The van der Waals surface area contributed by atoms with Crippen molar-refractivity contribution in [2.24, 2.45) is 0 Å². The summed E-state index contributed by atoms with van der Waals surface area (Å²) in [5.74, 6) is 3.49. The number of thioether (sulfide) groups is 1. The van der Waals surface area contributed by atoms with E-state index in [2.05, 4.69) is 15.5 Å². The number of rotatable bonds is 6. The van der Waals surface area contributed by atoms with Crippen molar-refractivity contribution < 1.29 is 18.0 Å². The summed E-state index contributed by atoms with van der Waals surface area (Å²) in [5, 5.41) is 8.99. The Labute approximate surface area is 162 Å². The van der Waals surface area contributed by atoms with Gasteiger partial charge in [0, 0.05) is 5.69 Å². The molecule has 0 saturated carbocycles. The highest BCUT2D eigenvalue weighted by Gasteiger charge is 2.38. The molecule has 28 heavy (non-hydrogen) atoms. The van der Waals surface area contributed by atoms with E-state index in [9.17, 15) is 18.0 Å². The molecule has 0 aliphatic rings. The molecule has 3 rings (SSSR count). The van der Waals surface area contributed by atoms with Gasteiger partial charge in [-0.2, -0.15) is 13.2 Å². The summed E-state index contributed by atoms with van der Waals surface area (Å²) >= 11 is 0.773. The number of alkyl halides is 3. The van der Waals surface area contributed by atoms with Crippen molar-refractivity contribution in [2.45, 2.75) is 17.8 Å². The molecule has 3 aromatic rings. The number of halogens is 3. The van der Waals surface area contributed by atoms with E-state index in [1.807, 2.05) is 42.5 Å². The molecule has 1 heterocycles. The van der Waals surface area contributed by atoms with Gasteiger partial charge in [0.1, 0.15) is 0 Å². The van der Waals surface area contributed by atoms with E-state index >= 15 is 0 Å². The second-order valence-corrected chi connectivity index (χ2v) is 6.77. The van der Waals surface area contributed by atoms with E-state index in [0.29, 0.717) is 16.8 Å². The molecule has 10 heteroatoms. The van der Waals surface area contributed by atoms with Crippen molar-refractivity contribution in [1.29, 1.82) is 0 Å². The molecular weight excluding hydrogens is 391 g/mol. The molecule has 2 aromatic carbocycles. The number of anilines is 1. The molecule has 6 nitrogen and oxygen atoms in total. The van der Waals surface area contributed by atoms with Crippen LogP contribution in [0.25, 0.3) is 0 Å². The molecule has 0 radical (unpaired) electrons. The molecule has 0 aliphatic carbocycles. The lowest BCUT2D eigenvalue weighted by atomic mass is 10.0. The maximum atomic E-state index is 12.7. The Morgan fingerprint density at radius 2 is 1.75 bits per heavy atom. The summed E-state index contributed by atoms with van der Waals surface area (Å²) in [4.78, 5) is 12.3. The van der Waals surface area contributed by atoms with Crippen molar-refractivity contribution in [2.75, 3.05) is 16.9 Å². The lowest BCUT2D eigenvalue weighted by Crippen LogP contribution is -2.22. The van der Waals surface area contributed by atoms with Crippen LogP contribution in [-0.4, -0.2) is 26.5 Å². The summed E-state index contributed by atoms with van der Waals surface area (Å²) in [6, 6.07) is 17.1. The van der Waals surface area contributed by atoms with Crippen LogP contribution in [0.2, 0.25) is 0 Å². The Morgan fingerprint density at radius 3 is 2.43 bits per heavy atom. The molecule has 0 atom stereocenters. The van der Waals surface area contributed by atoms with Crippen LogP contribution in [0.4, 0.5) is 18.9 Å². The third-order valence-corrected chi connectivity index (χ3v) is 4.72. The molecule has 0 bridgehead atoms. The number of amides is 1. The van der Waals surface area contributed by atoms with Crippen LogP contribution in [0, 0.1) is 0 Å². The largest absolute Gasteiger partial charge is 0.453 e. The van der Waals surface area contributed by atoms with Crippen LogP contribution >= 0.6 is 11.8 Å². The van der Waals surface area contributed by atoms with Crippen molar-refractivity contribution in [1.82, 2.24) is 14.9 Å². The molecule has 0 aliphatic heterocycles. The van der Waals surface area contributed by atoms with Gasteiger partial charge in [-0.15, -0.1) is 10.2 Å². The van der Waals surface area contributed by atoms with Gasteiger partial charge in [-0.3, -0.25) is 4.79 Å². The zero-order valence-corrected chi connectivity index (χ0v) is 15.3. The Balaban J connectivity index is 1.64. The number of carbonyl (C=O) groups is 1. The second-order valence-electron chi connectivity index (χ2n) is 5.83. The van der Waals surface area contributed by atoms with Crippen molar-refractivity contribution >= 4 is 23.4 Å². The Morgan fingerprint density at radius 1 is 1.07 bits per heavy atom. The number of nitrogens with zero attached hydrogens (tertiary/aromatic N) is 3. The van der Waals surface area contributed by atoms with Gasteiger partial charge in [0.05, 0.1) is 5.75 Å². The van der Waals surface area contributed by atoms with Crippen molar-refractivity contribution in [3.05, 3.63) is 71.5 Å². The van der Waals surface area contributed by atoms with Gasteiger partial charge in [-0.05, 0) is 23.6 Å². The minimum absolute atomic E-state index is 0.160. The fourth-order valence-electron chi connectivity index (χ4n) is 2.50. The maximum absolute atomic E-state index is 12.7. The quantitative estimate of drug-likeness (QED) is 0.484. The predicted molar refractivity (Wildman–Crippen MR) is 100 cm³/mol. The topological polar surface area (TPSA) is 85.8 Å². The monoisotopic (exact) mass is 407 g/mol. The summed E-state index contributed by atoms with van der Waals surface area (Å²) < 4.78 is 38.4. The highest BCUT2D eigenvalue weighted by atomic mass is 32.2. The molecule has 146 valence electrons. The fraction of sp³-hybridized carbons (Fsp3) is 0.167. The third-order valence-electron chi connectivity index (χ3n) is 3.78. The zero-order chi connectivity index (χ0) is 20.1. The average molecular weight is 407 g/mol. The first-order valence-electron chi connectivity index (χ1n) is 8.17. The molecule has 0 saturated heterocycles. The average Bonchev–Trinajstić information content (AvgIpc) is 3.03. The number of nitrogens with two attached hydrogens (primary N) is 1. The van der Waals surface area contributed by atoms with Crippen LogP contribution < -0.4 is 11.2 Å². The molecule has 3 N–H and O–H groups in total. The van der Waals surface area contributed by atoms with Crippen LogP contribution in [0.3, 0.4) is 0 Å². The highest BCUT2D eigenvalue weighted by Crippen LogP contribution is 2.29. The first-order valence-corrected chi connectivity index (χ1v) is 9.15. The second kappa shape index (κ2) is 8.34. The van der Waals surface area contributed by atoms with Crippen molar-refractivity contribution in [3.63, 3.8) is 0 Å². The van der Waals surface area contributed by atoms with Crippen molar-refractivity contribution in [3.8, 4) is 0 Å². The first-order chi connectivity index (χ1) is 13.3. The summed E-state index contributed by atoms with van der Waals surface area (Å²) in [5.41, 5.74) is 2.66. The lowest BCUT2D eigenvalue weighted by Gasteiger charge is -2.11. The van der Waals surface area contributed by atoms with E-state index < -0.39 is 12.0 Å². The van der Waals surface area contributed by atoms with Gasteiger partial charge in [0.25, 0.3) is 5.82 Å². The first kappa shape index (κ1) is 19.7. The SMILES string of the molecule is Nn1c(SCC(=O)Nc2ccccc2Cc2ccccc2)nnc1C(F)(F)F. The molecule has 0 unspecified atom stereocenters. The minimum Gasteiger partial charge on any atom is -0.335 e. The fourth-order valence-corrected chi connectivity index (χ4v) is 3.15. The minimum atomic E-state index is -4.71. The molecule has 0 spiro atoms. The Kier molecular flexibility index (Phi) is 5.88. The number of hydrogen-bond donors (Lipinski definition) is 2. The number of nitrogen functional groups attached to an aromatic ring is 1. The Bertz CT molecular complexity index is 959. The number of aromatic nitrogens is 3. The van der Waals surface area contributed by atoms with E-state index in [1.54, 1.807) is 12.1 Å². The van der Waals surface area contributed by atoms with Crippen LogP contribution in [-0.2, 0) is 17.4 Å². The van der Waals surface area contributed by atoms with Crippen LogP contribution in [0.5, 0.6) is 0 Å². The van der Waals surface area contributed by atoms with Gasteiger partial charge in [0.2, 0.25) is 11.1 Å². The van der Waals surface area contributed by atoms with E-state index in [-0.39, 0.29) is 16.8 Å². The molecule has 0 fully saturated rings. The predicted octanol–water partition coefficient (Wildman–Crippen LogP) is 3.33. The van der Waals surface area contributed by atoms with E-state index in [4.69, 9.17) is 5.84 Å². The van der Waals surface area contributed by atoms with Gasteiger partial charge in [-0.25, -0.2) is 4.68 Å². The molecule has 1 aromatic heterocycles. The lowest BCUT2D eigenvalue weighted by molar-refractivity contribution is -0.146. The number of para-hydroxylation sites is 1. The number of hydrogen-bond acceptors (Lipinski definition) is 5. The maximum Gasteiger partial charge on any atom is 0.453 e. The number of nitrogens with one attached hydrogen (secondary N) is 1. The van der Waals surface area contributed by atoms with E-state index in [0.717, 1.165) is 22.9 Å². The standard InChI is InChI=1S/C18H16F3N5OS/c19-18(20,21)16-24-25-17(26(16)22)28-11-15(27)23-14-9-5-4-8-13(14)10-12-6-2-1-3-7-12/h1-9H,10-11,22H2,(H,23,27). The molecular formula is C18H16F3N5OS. The summed E-state index contributed by atoms with van der Waals surface area (Å²) in [6.45, 7) is 0. The highest BCUT2D eigenvalue weighted by molar-refractivity contribution is 7.99. The zero-order valence-electron chi connectivity index (χ0n) is 14.5. The van der Waals surface area contributed by atoms with Crippen LogP contribution in [0.1, 0.15) is 17.0 Å². The van der Waals surface area contributed by atoms with Gasteiger partial charge < -0.3 is 11.2 Å². The normalized spacial score (nSPS) is 11.4. The van der Waals surface area contributed by atoms with Gasteiger partial charge in [0.15, 0.2) is 0 Å². The summed E-state index contributed by atoms with van der Waals surface area (Å²) in [7, 11) is 0. The van der Waals surface area contributed by atoms with E-state index in [1.165, 1.54) is 0 Å². The molecule has 1 amide bonds. The Hall–Kier alpha value is -3.01. The summed E-state index contributed by atoms with van der Waals surface area (Å²) in [6.07, 6.45) is -4.07. The van der Waals surface area contributed by atoms with Crippen LogP contribution in [0.15, 0.2) is 59.8 Å². The number of carbonyl (C=O) groups excluding carboxylic acids is 1. The third kappa shape index (κ3) is 4.83. The van der Waals surface area contributed by atoms with Gasteiger partial charge >= 0.3 is 6.18 Å². The number of benzene rings is 2. The van der Waals surface area contributed by atoms with Gasteiger partial charge in [-0.1, -0.05) is 60.3 Å².